The lowest BCUT2D eigenvalue weighted by Crippen LogP contribution is -2.49. The Hall–Kier alpha value is -0.340. The van der Waals surface area contributed by atoms with Gasteiger partial charge in [0.25, 0.3) is 0 Å². The average molecular weight is 193 g/mol. The molecular weight excluding hydrogens is 174 g/mol. The molecule has 0 aromatic heterocycles. The molecule has 2 heteroatoms. The number of hydrogen-bond donors (Lipinski definition) is 1. The number of nitrogens with one attached hydrogen (secondary N) is 1. The Morgan fingerprint density at radius 3 is 2.93 bits per heavy atom. The molecule has 2 heterocycles. The van der Waals surface area contributed by atoms with E-state index in [-0.39, 0.29) is 0 Å². The summed E-state index contributed by atoms with van der Waals surface area (Å²) in [5.74, 6) is 0.822. The Balaban J connectivity index is 1.66. The minimum absolute atomic E-state index is 0.307. The fourth-order valence-electron chi connectivity index (χ4n) is 3.10. The zero-order valence-electron chi connectivity index (χ0n) is 8.67. The van der Waals surface area contributed by atoms with Gasteiger partial charge < -0.3 is 10.1 Å². The van der Waals surface area contributed by atoms with Crippen molar-refractivity contribution in [2.75, 3.05) is 13.2 Å². The van der Waals surface area contributed by atoms with Crippen LogP contribution in [0.5, 0.6) is 0 Å². The SMILES string of the molecule is C1=CC(C2CCOC3(CCC3)C2)NC1. The summed E-state index contributed by atoms with van der Waals surface area (Å²) in [6.45, 7) is 2.05. The van der Waals surface area contributed by atoms with Gasteiger partial charge in [-0.05, 0) is 38.0 Å². The van der Waals surface area contributed by atoms with E-state index in [9.17, 15) is 0 Å². The maximum absolute atomic E-state index is 5.94. The van der Waals surface area contributed by atoms with Gasteiger partial charge >= 0.3 is 0 Å². The van der Waals surface area contributed by atoms with Crippen LogP contribution in [-0.2, 0) is 4.74 Å². The van der Waals surface area contributed by atoms with Gasteiger partial charge in [-0.15, -0.1) is 0 Å². The second kappa shape index (κ2) is 3.35. The molecule has 2 fully saturated rings. The molecule has 1 aliphatic carbocycles. The third-order valence-electron chi connectivity index (χ3n) is 4.12. The first-order chi connectivity index (χ1) is 6.88. The van der Waals surface area contributed by atoms with Crippen LogP contribution in [0.2, 0.25) is 0 Å². The van der Waals surface area contributed by atoms with Crippen molar-refractivity contribution < 1.29 is 4.74 Å². The van der Waals surface area contributed by atoms with Crippen LogP contribution in [0.25, 0.3) is 0 Å². The van der Waals surface area contributed by atoms with E-state index in [4.69, 9.17) is 4.74 Å². The third-order valence-corrected chi connectivity index (χ3v) is 4.12. The van der Waals surface area contributed by atoms with E-state index >= 15 is 0 Å². The van der Waals surface area contributed by atoms with Gasteiger partial charge in [-0.2, -0.15) is 0 Å². The summed E-state index contributed by atoms with van der Waals surface area (Å²) in [5, 5.41) is 3.55. The molecule has 0 aromatic rings. The molecule has 2 nitrogen and oxygen atoms in total. The molecule has 0 aromatic carbocycles. The molecule has 1 saturated carbocycles. The molecule has 0 radical (unpaired) electrons. The lowest BCUT2D eigenvalue weighted by molar-refractivity contribution is -0.145. The van der Waals surface area contributed by atoms with Crippen molar-refractivity contribution in [1.29, 1.82) is 0 Å². The Morgan fingerprint density at radius 2 is 2.29 bits per heavy atom. The zero-order valence-corrected chi connectivity index (χ0v) is 8.67. The first kappa shape index (κ1) is 8.93. The van der Waals surface area contributed by atoms with E-state index in [0.29, 0.717) is 11.6 Å². The standard InChI is InChI=1S/C12H19NO/c1-3-11(13-7-1)10-4-8-14-12(9-10)5-2-6-12/h1,3,10-11,13H,2,4-9H2. The largest absolute Gasteiger partial charge is 0.375 e. The monoisotopic (exact) mass is 193 g/mol. The van der Waals surface area contributed by atoms with Crippen LogP contribution in [0, 0.1) is 5.92 Å². The van der Waals surface area contributed by atoms with Gasteiger partial charge in [0, 0.05) is 19.2 Å². The van der Waals surface area contributed by atoms with E-state index in [1.165, 1.54) is 32.1 Å². The molecule has 2 aliphatic heterocycles. The molecule has 3 rings (SSSR count). The first-order valence-electron chi connectivity index (χ1n) is 5.92. The van der Waals surface area contributed by atoms with Crippen molar-refractivity contribution in [3.8, 4) is 0 Å². The normalized spacial score (nSPS) is 40.0. The number of hydrogen-bond acceptors (Lipinski definition) is 2. The summed E-state index contributed by atoms with van der Waals surface area (Å²) in [6, 6.07) is 0.636. The van der Waals surface area contributed by atoms with Crippen LogP contribution < -0.4 is 5.32 Å². The molecule has 1 spiro atoms. The molecule has 0 amide bonds. The van der Waals surface area contributed by atoms with Crippen molar-refractivity contribution in [2.45, 2.75) is 43.7 Å². The summed E-state index contributed by atoms with van der Waals surface area (Å²) in [7, 11) is 0. The van der Waals surface area contributed by atoms with E-state index in [1.54, 1.807) is 0 Å². The molecule has 1 N–H and O–H groups in total. The van der Waals surface area contributed by atoms with Crippen LogP contribution >= 0.6 is 0 Å². The van der Waals surface area contributed by atoms with Gasteiger partial charge in [-0.25, -0.2) is 0 Å². The predicted octanol–water partition coefficient (Wildman–Crippen LogP) is 1.86. The minimum Gasteiger partial charge on any atom is -0.375 e. The van der Waals surface area contributed by atoms with E-state index in [2.05, 4.69) is 17.5 Å². The van der Waals surface area contributed by atoms with Crippen LogP contribution in [0.4, 0.5) is 0 Å². The summed E-state index contributed by atoms with van der Waals surface area (Å²) in [5.41, 5.74) is 0.307. The van der Waals surface area contributed by atoms with Gasteiger partial charge in [0.15, 0.2) is 0 Å². The van der Waals surface area contributed by atoms with Crippen LogP contribution in [0.3, 0.4) is 0 Å². The van der Waals surface area contributed by atoms with Crippen molar-refractivity contribution >= 4 is 0 Å². The number of ether oxygens (including phenoxy) is 1. The second-order valence-corrected chi connectivity index (χ2v) is 5.00. The van der Waals surface area contributed by atoms with Gasteiger partial charge in [-0.3, -0.25) is 0 Å². The predicted molar refractivity (Wildman–Crippen MR) is 56.2 cm³/mol. The highest BCUT2D eigenvalue weighted by atomic mass is 16.5. The molecule has 0 bridgehead atoms. The van der Waals surface area contributed by atoms with E-state index < -0.39 is 0 Å². The average Bonchev–Trinajstić information content (AvgIpc) is 2.68. The van der Waals surface area contributed by atoms with Crippen LogP contribution in [-0.4, -0.2) is 24.8 Å². The number of rotatable bonds is 1. The second-order valence-electron chi connectivity index (χ2n) is 5.00. The molecular formula is C12H19NO. The van der Waals surface area contributed by atoms with Gasteiger partial charge in [0.05, 0.1) is 5.60 Å². The summed E-state index contributed by atoms with van der Waals surface area (Å²) >= 11 is 0. The lowest BCUT2D eigenvalue weighted by Gasteiger charge is -2.48. The van der Waals surface area contributed by atoms with Gasteiger partial charge in [-0.1, -0.05) is 12.2 Å². The van der Waals surface area contributed by atoms with Gasteiger partial charge in [0.1, 0.15) is 0 Å². The highest BCUT2D eigenvalue weighted by Gasteiger charge is 2.44. The molecule has 14 heavy (non-hydrogen) atoms. The lowest BCUT2D eigenvalue weighted by atomic mass is 9.70. The summed E-state index contributed by atoms with van der Waals surface area (Å²) in [6.07, 6.45) is 11.1. The molecule has 1 saturated heterocycles. The smallest absolute Gasteiger partial charge is 0.0686 e. The van der Waals surface area contributed by atoms with Crippen molar-refractivity contribution in [1.82, 2.24) is 5.32 Å². The topological polar surface area (TPSA) is 21.3 Å². The van der Waals surface area contributed by atoms with E-state index in [0.717, 1.165) is 19.1 Å². The maximum Gasteiger partial charge on any atom is 0.0686 e. The summed E-state index contributed by atoms with van der Waals surface area (Å²) < 4.78 is 5.94. The van der Waals surface area contributed by atoms with Crippen LogP contribution in [0.1, 0.15) is 32.1 Å². The minimum atomic E-state index is 0.307. The molecule has 2 unspecified atom stereocenters. The van der Waals surface area contributed by atoms with Crippen molar-refractivity contribution in [2.24, 2.45) is 5.92 Å². The Kier molecular flexibility index (Phi) is 2.14. The Morgan fingerprint density at radius 1 is 1.36 bits per heavy atom. The Labute approximate surface area is 85.7 Å². The Bertz CT molecular complexity index is 245. The highest BCUT2D eigenvalue weighted by molar-refractivity contribution is 5.07. The fraction of sp³-hybridized carbons (Fsp3) is 0.833. The molecule has 78 valence electrons. The van der Waals surface area contributed by atoms with Gasteiger partial charge in [0.2, 0.25) is 0 Å². The third kappa shape index (κ3) is 1.41. The highest BCUT2D eigenvalue weighted by Crippen LogP contribution is 2.45. The fourth-order valence-corrected chi connectivity index (χ4v) is 3.10. The zero-order chi connectivity index (χ0) is 9.43. The summed E-state index contributed by atoms with van der Waals surface area (Å²) in [4.78, 5) is 0. The van der Waals surface area contributed by atoms with Crippen molar-refractivity contribution in [3.05, 3.63) is 12.2 Å². The van der Waals surface area contributed by atoms with Crippen LogP contribution in [0.15, 0.2) is 12.2 Å². The molecule has 3 aliphatic rings. The quantitative estimate of drug-likeness (QED) is 0.642. The molecule has 2 atom stereocenters. The van der Waals surface area contributed by atoms with Crippen molar-refractivity contribution in [3.63, 3.8) is 0 Å². The maximum atomic E-state index is 5.94. The first-order valence-corrected chi connectivity index (χ1v) is 5.92. The van der Waals surface area contributed by atoms with E-state index in [1.807, 2.05) is 0 Å².